The van der Waals surface area contributed by atoms with Crippen molar-refractivity contribution < 1.29 is 9.90 Å². The maximum Gasteiger partial charge on any atom is 0.166 e. The fourth-order valence-corrected chi connectivity index (χ4v) is 2.43. The number of aryl methyl sites for hydroxylation is 1. The molecule has 0 aromatic carbocycles. The molecule has 0 aliphatic carbocycles. The van der Waals surface area contributed by atoms with Crippen LogP contribution in [0.3, 0.4) is 0 Å². The van der Waals surface area contributed by atoms with Gasteiger partial charge < -0.3 is 5.11 Å². The van der Waals surface area contributed by atoms with E-state index < -0.39 is 6.10 Å². The average Bonchev–Trinajstić information content (AvgIpc) is 2.63. The van der Waals surface area contributed by atoms with Crippen LogP contribution >= 0.6 is 11.3 Å². The van der Waals surface area contributed by atoms with E-state index in [1.165, 1.54) is 4.88 Å². The van der Waals surface area contributed by atoms with Crippen molar-refractivity contribution in [1.29, 1.82) is 0 Å². The second-order valence-corrected chi connectivity index (χ2v) is 6.39. The molecule has 0 spiro atoms. The summed E-state index contributed by atoms with van der Waals surface area (Å²) in [6.45, 7) is 7.73. The highest BCUT2D eigenvalue weighted by Gasteiger charge is 2.28. The zero-order valence-corrected chi connectivity index (χ0v) is 11.2. The second-order valence-electron chi connectivity index (χ2n) is 5.13. The van der Waals surface area contributed by atoms with Gasteiger partial charge in [0, 0.05) is 16.2 Å². The van der Waals surface area contributed by atoms with Crippen LogP contribution in [-0.2, 0) is 17.6 Å². The summed E-state index contributed by atoms with van der Waals surface area (Å²) in [5, 5.41) is 9.83. The fraction of sp³-hybridized carbons (Fsp3) is 0.615. The predicted octanol–water partition coefficient (Wildman–Crippen LogP) is 2.83. The molecule has 0 saturated heterocycles. The molecule has 0 aliphatic heterocycles. The maximum atomic E-state index is 11.8. The Balaban J connectivity index is 2.64. The van der Waals surface area contributed by atoms with E-state index in [2.05, 4.69) is 13.0 Å². The first-order valence-corrected chi connectivity index (χ1v) is 6.44. The molecule has 16 heavy (non-hydrogen) atoms. The van der Waals surface area contributed by atoms with E-state index in [0.717, 1.165) is 11.3 Å². The van der Waals surface area contributed by atoms with E-state index in [1.54, 1.807) is 11.3 Å². The summed E-state index contributed by atoms with van der Waals surface area (Å²) >= 11 is 1.66. The van der Waals surface area contributed by atoms with Gasteiger partial charge in [0.1, 0.15) is 6.10 Å². The van der Waals surface area contributed by atoms with Crippen molar-refractivity contribution in [2.75, 3.05) is 0 Å². The van der Waals surface area contributed by atoms with Gasteiger partial charge in [-0.1, -0.05) is 27.7 Å². The molecule has 1 aromatic heterocycles. The molecule has 1 rings (SSSR count). The summed E-state index contributed by atoms with van der Waals surface area (Å²) in [7, 11) is 0. The van der Waals surface area contributed by atoms with Crippen LogP contribution in [0.25, 0.3) is 0 Å². The van der Waals surface area contributed by atoms with E-state index >= 15 is 0 Å². The molecule has 0 radical (unpaired) electrons. The number of rotatable bonds is 4. The zero-order valence-electron chi connectivity index (χ0n) is 10.4. The number of aliphatic hydroxyl groups is 1. The normalized spacial score (nSPS) is 13.8. The molecule has 0 amide bonds. The number of carbonyl (C=O) groups is 1. The molecule has 2 nitrogen and oxygen atoms in total. The van der Waals surface area contributed by atoms with Gasteiger partial charge in [0.25, 0.3) is 0 Å². The number of Topliss-reactive ketones (excluding diaryl/α,β-unsaturated/α-hetero) is 1. The molecular weight excluding hydrogens is 220 g/mol. The van der Waals surface area contributed by atoms with Crippen LogP contribution in [0.4, 0.5) is 0 Å². The van der Waals surface area contributed by atoms with Crippen LogP contribution in [-0.4, -0.2) is 17.0 Å². The average molecular weight is 240 g/mol. The van der Waals surface area contributed by atoms with Crippen LogP contribution in [0.15, 0.2) is 12.1 Å². The van der Waals surface area contributed by atoms with Crippen LogP contribution in [0.5, 0.6) is 0 Å². The quantitative estimate of drug-likeness (QED) is 0.878. The van der Waals surface area contributed by atoms with Gasteiger partial charge in [-0.3, -0.25) is 4.79 Å². The van der Waals surface area contributed by atoms with Gasteiger partial charge >= 0.3 is 0 Å². The summed E-state index contributed by atoms with van der Waals surface area (Å²) in [5.41, 5.74) is -0.373. The van der Waals surface area contributed by atoms with E-state index in [-0.39, 0.29) is 11.2 Å². The first kappa shape index (κ1) is 13.4. The summed E-state index contributed by atoms with van der Waals surface area (Å²) in [6.07, 6.45) is 0.476. The predicted molar refractivity (Wildman–Crippen MR) is 67.9 cm³/mol. The lowest BCUT2D eigenvalue weighted by Gasteiger charge is -2.24. The Morgan fingerprint density at radius 1 is 1.38 bits per heavy atom. The van der Waals surface area contributed by atoms with Gasteiger partial charge in [0.2, 0.25) is 0 Å². The number of hydrogen-bond acceptors (Lipinski definition) is 3. The lowest BCUT2D eigenvalue weighted by Crippen LogP contribution is -2.35. The third-order valence-corrected chi connectivity index (χ3v) is 3.77. The largest absolute Gasteiger partial charge is 0.385 e. The van der Waals surface area contributed by atoms with E-state index in [0.29, 0.717) is 6.42 Å². The molecule has 1 aromatic rings. The SMILES string of the molecule is CCc1ccc(CC(=O)C(O)C(C)(C)C)s1. The van der Waals surface area contributed by atoms with Crippen LogP contribution in [0.2, 0.25) is 0 Å². The minimum atomic E-state index is -0.875. The summed E-state index contributed by atoms with van der Waals surface area (Å²) < 4.78 is 0. The molecule has 90 valence electrons. The Bertz CT molecular complexity index is 360. The minimum absolute atomic E-state index is 0.0861. The third-order valence-electron chi connectivity index (χ3n) is 2.54. The lowest BCUT2D eigenvalue weighted by molar-refractivity contribution is -0.131. The van der Waals surface area contributed by atoms with Crippen LogP contribution in [0.1, 0.15) is 37.4 Å². The van der Waals surface area contributed by atoms with Crippen LogP contribution < -0.4 is 0 Å². The van der Waals surface area contributed by atoms with Gasteiger partial charge in [0.05, 0.1) is 0 Å². The first-order valence-electron chi connectivity index (χ1n) is 5.63. The highest BCUT2D eigenvalue weighted by Crippen LogP contribution is 2.23. The highest BCUT2D eigenvalue weighted by atomic mass is 32.1. The molecule has 1 heterocycles. The summed E-state index contributed by atoms with van der Waals surface area (Å²) in [5.74, 6) is -0.0861. The molecule has 0 saturated carbocycles. The van der Waals surface area contributed by atoms with Crippen molar-refractivity contribution in [1.82, 2.24) is 0 Å². The van der Waals surface area contributed by atoms with Crippen LogP contribution in [0, 0.1) is 5.41 Å². The van der Waals surface area contributed by atoms with Gasteiger partial charge in [-0.25, -0.2) is 0 Å². The van der Waals surface area contributed by atoms with Crippen molar-refractivity contribution in [3.8, 4) is 0 Å². The van der Waals surface area contributed by atoms with Gasteiger partial charge in [-0.2, -0.15) is 0 Å². The van der Waals surface area contributed by atoms with Crippen molar-refractivity contribution in [2.24, 2.45) is 5.41 Å². The molecule has 1 unspecified atom stereocenters. The fourth-order valence-electron chi connectivity index (χ4n) is 1.46. The third kappa shape index (κ3) is 3.42. The van der Waals surface area contributed by atoms with Gasteiger partial charge in [-0.05, 0) is 24.0 Å². The Morgan fingerprint density at radius 3 is 2.38 bits per heavy atom. The molecule has 1 N–H and O–H groups in total. The topological polar surface area (TPSA) is 37.3 Å². The monoisotopic (exact) mass is 240 g/mol. The molecular formula is C13H20O2S. The minimum Gasteiger partial charge on any atom is -0.385 e. The molecule has 0 bridgehead atoms. The van der Waals surface area contributed by atoms with E-state index in [9.17, 15) is 9.90 Å². The Morgan fingerprint density at radius 2 is 1.94 bits per heavy atom. The van der Waals surface area contributed by atoms with E-state index in [4.69, 9.17) is 0 Å². The van der Waals surface area contributed by atoms with E-state index in [1.807, 2.05) is 26.8 Å². The highest BCUT2D eigenvalue weighted by molar-refractivity contribution is 7.12. The Hall–Kier alpha value is -0.670. The van der Waals surface area contributed by atoms with Crippen molar-refractivity contribution in [2.45, 2.75) is 46.6 Å². The second kappa shape index (κ2) is 5.11. The van der Waals surface area contributed by atoms with Crippen molar-refractivity contribution >= 4 is 17.1 Å². The lowest BCUT2D eigenvalue weighted by atomic mass is 9.85. The molecule has 3 heteroatoms. The van der Waals surface area contributed by atoms with Crippen molar-refractivity contribution in [3.63, 3.8) is 0 Å². The number of carbonyl (C=O) groups excluding carboxylic acids is 1. The number of ketones is 1. The van der Waals surface area contributed by atoms with Gasteiger partial charge in [0.15, 0.2) is 5.78 Å². The number of thiophene rings is 1. The van der Waals surface area contributed by atoms with Gasteiger partial charge in [-0.15, -0.1) is 11.3 Å². The van der Waals surface area contributed by atoms with Crippen molar-refractivity contribution in [3.05, 3.63) is 21.9 Å². The maximum absolute atomic E-state index is 11.8. The molecule has 0 aliphatic rings. The summed E-state index contributed by atoms with van der Waals surface area (Å²) in [4.78, 5) is 14.1. The standard InChI is InChI=1S/C13H20O2S/c1-5-9-6-7-10(16-9)8-11(14)12(15)13(2,3)4/h6-7,12,15H,5,8H2,1-4H3. The number of hydrogen-bond donors (Lipinski definition) is 1. The zero-order chi connectivity index (χ0) is 12.3. The smallest absolute Gasteiger partial charge is 0.166 e. The Kier molecular flexibility index (Phi) is 4.28. The summed E-state index contributed by atoms with van der Waals surface area (Å²) in [6, 6.07) is 4.04. The molecule has 0 fully saturated rings. The Labute approximate surface area is 101 Å². The molecule has 1 atom stereocenters. The first-order chi connectivity index (χ1) is 7.34. The number of aliphatic hydroxyl groups excluding tert-OH is 1.